The van der Waals surface area contributed by atoms with E-state index < -0.39 is 0 Å². The number of nitrogen functional groups attached to an aromatic ring is 1. The van der Waals surface area contributed by atoms with E-state index in [9.17, 15) is 0 Å². The minimum atomic E-state index is 0.661. The Morgan fingerprint density at radius 2 is 2.06 bits per heavy atom. The topological polar surface area (TPSA) is 48.1 Å². The molecule has 1 aromatic heterocycles. The van der Waals surface area contributed by atoms with Crippen LogP contribution in [0.3, 0.4) is 0 Å². The van der Waals surface area contributed by atoms with Gasteiger partial charge in [0.05, 0.1) is 12.1 Å². The smallest absolute Gasteiger partial charge is 0.121 e. The molecule has 0 amide bonds. The molecule has 2 aromatic rings. The summed E-state index contributed by atoms with van der Waals surface area (Å²) in [6.07, 6.45) is 0.888. The van der Waals surface area contributed by atoms with Gasteiger partial charge in [0.1, 0.15) is 5.75 Å². The summed E-state index contributed by atoms with van der Waals surface area (Å²) in [7, 11) is 0. The van der Waals surface area contributed by atoms with E-state index in [1.807, 2.05) is 31.2 Å². The first-order valence-electron chi connectivity index (χ1n) is 5.56. The van der Waals surface area contributed by atoms with Crippen LogP contribution in [0.15, 0.2) is 24.3 Å². The highest BCUT2D eigenvalue weighted by molar-refractivity contribution is 5.91. The number of hydrogen-bond acceptors (Lipinski definition) is 3. The highest BCUT2D eigenvalue weighted by atomic mass is 16.5. The van der Waals surface area contributed by atoms with Gasteiger partial charge >= 0.3 is 0 Å². The van der Waals surface area contributed by atoms with Gasteiger partial charge in [0.25, 0.3) is 0 Å². The molecule has 2 rings (SSSR count). The second-order valence-electron chi connectivity index (χ2n) is 3.67. The van der Waals surface area contributed by atoms with E-state index in [-0.39, 0.29) is 0 Å². The predicted molar refractivity (Wildman–Crippen MR) is 66.7 cm³/mol. The van der Waals surface area contributed by atoms with Gasteiger partial charge in [-0.1, -0.05) is 6.92 Å². The molecule has 16 heavy (non-hydrogen) atoms. The average molecular weight is 216 g/mol. The molecule has 0 aliphatic heterocycles. The first-order valence-corrected chi connectivity index (χ1v) is 5.56. The zero-order valence-electron chi connectivity index (χ0n) is 9.66. The van der Waals surface area contributed by atoms with Crippen LogP contribution >= 0.6 is 0 Å². The van der Waals surface area contributed by atoms with Gasteiger partial charge in [0.2, 0.25) is 0 Å². The van der Waals surface area contributed by atoms with E-state index >= 15 is 0 Å². The molecule has 0 saturated carbocycles. The van der Waals surface area contributed by atoms with Crippen LogP contribution in [0.4, 0.5) is 5.69 Å². The van der Waals surface area contributed by atoms with Crippen molar-refractivity contribution in [3.8, 4) is 5.75 Å². The summed E-state index contributed by atoms with van der Waals surface area (Å²) in [5, 5.41) is 0.987. The number of benzene rings is 1. The summed E-state index contributed by atoms with van der Waals surface area (Å²) in [5.74, 6) is 0.843. The van der Waals surface area contributed by atoms with E-state index in [0.717, 1.165) is 34.5 Å². The number of aryl methyl sites for hydroxylation is 1. The van der Waals surface area contributed by atoms with Gasteiger partial charge in [-0.25, -0.2) is 0 Å². The Bertz CT molecular complexity index is 509. The Morgan fingerprint density at radius 1 is 1.25 bits per heavy atom. The van der Waals surface area contributed by atoms with Gasteiger partial charge in [-0.3, -0.25) is 4.98 Å². The van der Waals surface area contributed by atoms with Crippen LogP contribution in [0.5, 0.6) is 5.75 Å². The summed E-state index contributed by atoms with van der Waals surface area (Å²) in [6.45, 7) is 4.70. The Hall–Kier alpha value is -1.77. The minimum absolute atomic E-state index is 0.661. The molecule has 1 aromatic carbocycles. The monoisotopic (exact) mass is 216 g/mol. The van der Waals surface area contributed by atoms with E-state index in [4.69, 9.17) is 10.5 Å². The standard InChI is InChI=1S/C13H16N2O/c1-3-9-7-12(14)11-6-5-10(16-4-2)8-13(11)15-9/h5-8H,3-4H2,1-2H3,(H2,14,15). The summed E-state index contributed by atoms with van der Waals surface area (Å²) >= 11 is 0. The number of rotatable bonds is 3. The molecular weight excluding hydrogens is 200 g/mol. The molecule has 0 aliphatic carbocycles. The van der Waals surface area contributed by atoms with Crippen LogP contribution < -0.4 is 10.5 Å². The lowest BCUT2D eigenvalue weighted by Gasteiger charge is -2.07. The summed E-state index contributed by atoms with van der Waals surface area (Å²) in [6, 6.07) is 7.76. The zero-order valence-corrected chi connectivity index (χ0v) is 9.66. The van der Waals surface area contributed by atoms with Crippen LogP contribution in [0, 0.1) is 0 Å². The van der Waals surface area contributed by atoms with E-state index in [1.165, 1.54) is 0 Å². The molecule has 0 aliphatic rings. The third-order valence-electron chi connectivity index (χ3n) is 2.54. The second-order valence-corrected chi connectivity index (χ2v) is 3.67. The molecule has 2 N–H and O–H groups in total. The average Bonchev–Trinajstić information content (AvgIpc) is 2.29. The fourth-order valence-electron chi connectivity index (χ4n) is 1.73. The molecular formula is C13H16N2O. The van der Waals surface area contributed by atoms with E-state index in [2.05, 4.69) is 11.9 Å². The molecule has 3 heteroatoms. The predicted octanol–water partition coefficient (Wildman–Crippen LogP) is 2.78. The number of anilines is 1. The largest absolute Gasteiger partial charge is 0.494 e. The SMILES string of the molecule is CCOc1ccc2c(N)cc(CC)nc2c1. The van der Waals surface area contributed by atoms with Crippen molar-refractivity contribution < 1.29 is 4.74 Å². The Balaban J connectivity index is 2.57. The molecule has 0 atom stereocenters. The quantitative estimate of drug-likeness (QED) is 0.858. The number of nitrogens with zero attached hydrogens (tertiary/aromatic N) is 1. The van der Waals surface area contributed by atoms with E-state index in [1.54, 1.807) is 0 Å². The lowest BCUT2D eigenvalue weighted by molar-refractivity contribution is 0.340. The molecule has 0 radical (unpaired) electrons. The van der Waals surface area contributed by atoms with Crippen molar-refractivity contribution in [3.63, 3.8) is 0 Å². The fourth-order valence-corrected chi connectivity index (χ4v) is 1.73. The molecule has 1 heterocycles. The summed E-state index contributed by atoms with van der Waals surface area (Å²) < 4.78 is 5.45. The van der Waals surface area contributed by atoms with Gasteiger partial charge < -0.3 is 10.5 Å². The lowest BCUT2D eigenvalue weighted by Crippen LogP contribution is -1.96. The number of hydrogen-bond donors (Lipinski definition) is 1. The van der Waals surface area contributed by atoms with Crippen LogP contribution in [0.2, 0.25) is 0 Å². The number of nitrogens with two attached hydrogens (primary N) is 1. The number of pyridine rings is 1. The molecule has 84 valence electrons. The highest BCUT2D eigenvalue weighted by Gasteiger charge is 2.03. The van der Waals surface area contributed by atoms with Crippen molar-refractivity contribution in [1.82, 2.24) is 4.98 Å². The van der Waals surface area contributed by atoms with Crippen molar-refractivity contribution >= 4 is 16.6 Å². The number of ether oxygens (including phenoxy) is 1. The normalized spacial score (nSPS) is 10.6. The maximum Gasteiger partial charge on any atom is 0.121 e. The summed E-state index contributed by atoms with van der Waals surface area (Å²) in [4.78, 5) is 4.54. The Kier molecular flexibility index (Phi) is 2.95. The first-order chi connectivity index (χ1) is 7.74. The first kappa shape index (κ1) is 10.7. The highest BCUT2D eigenvalue weighted by Crippen LogP contribution is 2.24. The number of fused-ring (bicyclic) bond motifs is 1. The lowest BCUT2D eigenvalue weighted by atomic mass is 10.1. The van der Waals surface area contributed by atoms with E-state index in [0.29, 0.717) is 6.61 Å². The third kappa shape index (κ3) is 1.94. The number of aromatic nitrogens is 1. The van der Waals surface area contributed by atoms with Crippen LogP contribution in [-0.4, -0.2) is 11.6 Å². The molecule has 3 nitrogen and oxygen atoms in total. The molecule has 0 fully saturated rings. The molecule has 0 saturated heterocycles. The second kappa shape index (κ2) is 4.39. The van der Waals surface area contributed by atoms with Crippen molar-refractivity contribution in [2.24, 2.45) is 0 Å². The molecule has 0 bridgehead atoms. The van der Waals surface area contributed by atoms with Gasteiger partial charge in [-0.05, 0) is 31.5 Å². The van der Waals surface area contributed by atoms with Gasteiger partial charge in [-0.2, -0.15) is 0 Å². The van der Waals surface area contributed by atoms with Crippen molar-refractivity contribution in [1.29, 1.82) is 0 Å². The maximum absolute atomic E-state index is 5.98. The van der Waals surface area contributed by atoms with Crippen LogP contribution in [0.25, 0.3) is 10.9 Å². The van der Waals surface area contributed by atoms with Gasteiger partial charge in [0.15, 0.2) is 0 Å². The van der Waals surface area contributed by atoms with Crippen molar-refractivity contribution in [2.45, 2.75) is 20.3 Å². The fraction of sp³-hybridized carbons (Fsp3) is 0.308. The van der Waals surface area contributed by atoms with Crippen molar-refractivity contribution in [3.05, 3.63) is 30.0 Å². The zero-order chi connectivity index (χ0) is 11.5. The Labute approximate surface area is 95.2 Å². The van der Waals surface area contributed by atoms with Gasteiger partial charge in [0, 0.05) is 22.8 Å². The molecule has 0 spiro atoms. The maximum atomic E-state index is 5.98. The Morgan fingerprint density at radius 3 is 2.75 bits per heavy atom. The molecule has 0 unspecified atom stereocenters. The van der Waals surface area contributed by atoms with Crippen molar-refractivity contribution in [2.75, 3.05) is 12.3 Å². The van der Waals surface area contributed by atoms with Crippen LogP contribution in [-0.2, 0) is 6.42 Å². The minimum Gasteiger partial charge on any atom is -0.494 e. The third-order valence-corrected chi connectivity index (χ3v) is 2.54. The van der Waals surface area contributed by atoms with Crippen LogP contribution in [0.1, 0.15) is 19.5 Å². The summed E-state index contributed by atoms with van der Waals surface area (Å²) in [5.41, 5.74) is 8.68. The van der Waals surface area contributed by atoms with Gasteiger partial charge in [-0.15, -0.1) is 0 Å².